The predicted molar refractivity (Wildman–Crippen MR) is 86.4 cm³/mol. The molecule has 1 heterocycles. The number of carbonyl (C=O) groups is 2. The van der Waals surface area contributed by atoms with Crippen molar-refractivity contribution in [3.63, 3.8) is 0 Å². The molecule has 0 radical (unpaired) electrons. The molecule has 0 saturated carbocycles. The Kier molecular flexibility index (Phi) is 4.82. The molecule has 2 aromatic rings. The van der Waals surface area contributed by atoms with Crippen LogP contribution in [0, 0.1) is 0 Å². The molecule has 0 aliphatic heterocycles. The summed E-state index contributed by atoms with van der Waals surface area (Å²) in [6.07, 6.45) is 1.45. The Morgan fingerprint density at radius 1 is 1.32 bits per heavy atom. The van der Waals surface area contributed by atoms with Gasteiger partial charge in [0.25, 0.3) is 5.91 Å². The zero-order valence-corrected chi connectivity index (χ0v) is 13.4. The molecular formula is C15H17ClN4O2. The van der Waals surface area contributed by atoms with E-state index in [1.807, 2.05) is 6.92 Å². The number of nitrogens with zero attached hydrogens (tertiary/aromatic N) is 3. The number of nitrogens with one attached hydrogen (secondary N) is 1. The standard InChI is InChI=1S/C15H17ClN4O2/c1-4-20-14(13(16)9-17-20)15(22)18-11-5-7-12(8-6-11)19(3)10(2)21/h5-9H,4H2,1-3H3,(H,18,22). The summed E-state index contributed by atoms with van der Waals surface area (Å²) in [5.74, 6) is -0.382. The highest BCUT2D eigenvalue weighted by Gasteiger charge is 2.17. The number of anilines is 2. The number of amides is 2. The Morgan fingerprint density at radius 2 is 1.95 bits per heavy atom. The number of carbonyl (C=O) groups excluding carboxylic acids is 2. The van der Waals surface area contributed by atoms with Crippen molar-refractivity contribution in [1.29, 1.82) is 0 Å². The number of aromatic nitrogens is 2. The van der Waals surface area contributed by atoms with E-state index in [1.165, 1.54) is 22.7 Å². The van der Waals surface area contributed by atoms with Crippen molar-refractivity contribution in [2.75, 3.05) is 17.3 Å². The number of rotatable bonds is 4. The lowest BCUT2D eigenvalue weighted by Gasteiger charge is -2.15. The zero-order valence-electron chi connectivity index (χ0n) is 12.6. The average Bonchev–Trinajstić information content (AvgIpc) is 2.88. The molecule has 2 rings (SSSR count). The van der Waals surface area contributed by atoms with Gasteiger partial charge in [-0.05, 0) is 31.2 Å². The van der Waals surface area contributed by atoms with Gasteiger partial charge < -0.3 is 10.2 Å². The molecular weight excluding hydrogens is 304 g/mol. The summed E-state index contributed by atoms with van der Waals surface area (Å²) in [6.45, 7) is 3.92. The minimum Gasteiger partial charge on any atom is -0.321 e. The van der Waals surface area contributed by atoms with E-state index < -0.39 is 0 Å². The van der Waals surface area contributed by atoms with E-state index in [1.54, 1.807) is 31.3 Å². The number of benzene rings is 1. The summed E-state index contributed by atoms with van der Waals surface area (Å²) < 4.78 is 1.54. The van der Waals surface area contributed by atoms with Gasteiger partial charge in [0, 0.05) is 31.9 Å². The van der Waals surface area contributed by atoms with Gasteiger partial charge in [0.15, 0.2) is 0 Å². The van der Waals surface area contributed by atoms with E-state index in [2.05, 4.69) is 10.4 Å². The van der Waals surface area contributed by atoms with Crippen molar-refractivity contribution < 1.29 is 9.59 Å². The second kappa shape index (κ2) is 6.62. The molecule has 0 atom stereocenters. The van der Waals surface area contributed by atoms with Gasteiger partial charge in [-0.25, -0.2) is 0 Å². The Hall–Kier alpha value is -2.34. The summed E-state index contributed by atoms with van der Waals surface area (Å²) in [4.78, 5) is 25.1. The van der Waals surface area contributed by atoms with Crippen molar-refractivity contribution in [3.05, 3.63) is 41.2 Å². The van der Waals surface area contributed by atoms with E-state index in [-0.39, 0.29) is 11.8 Å². The summed E-state index contributed by atoms with van der Waals surface area (Å²) in [5.41, 5.74) is 1.70. The minimum atomic E-state index is -0.322. The first kappa shape index (κ1) is 16.0. The third-order valence-electron chi connectivity index (χ3n) is 3.29. The smallest absolute Gasteiger partial charge is 0.275 e. The number of halogens is 1. The lowest BCUT2D eigenvalue weighted by molar-refractivity contribution is -0.116. The van der Waals surface area contributed by atoms with Gasteiger partial charge in [0.05, 0.1) is 11.2 Å². The van der Waals surface area contributed by atoms with E-state index in [4.69, 9.17) is 11.6 Å². The fraction of sp³-hybridized carbons (Fsp3) is 0.267. The third kappa shape index (κ3) is 3.28. The summed E-state index contributed by atoms with van der Waals surface area (Å²) >= 11 is 6.00. The van der Waals surface area contributed by atoms with Crippen molar-refractivity contribution in [1.82, 2.24) is 9.78 Å². The molecule has 116 valence electrons. The van der Waals surface area contributed by atoms with E-state index in [0.29, 0.717) is 22.9 Å². The highest BCUT2D eigenvalue weighted by molar-refractivity contribution is 6.34. The fourth-order valence-electron chi connectivity index (χ4n) is 1.97. The summed E-state index contributed by atoms with van der Waals surface area (Å²) in [6, 6.07) is 6.98. The van der Waals surface area contributed by atoms with Gasteiger partial charge in [-0.3, -0.25) is 14.3 Å². The molecule has 0 aliphatic rings. The molecule has 1 aromatic carbocycles. The molecule has 1 aromatic heterocycles. The van der Waals surface area contributed by atoms with Gasteiger partial charge in [-0.1, -0.05) is 11.6 Å². The van der Waals surface area contributed by atoms with Crippen molar-refractivity contribution >= 4 is 34.8 Å². The average molecular weight is 321 g/mol. The van der Waals surface area contributed by atoms with Crippen LogP contribution >= 0.6 is 11.6 Å². The molecule has 7 heteroatoms. The lowest BCUT2D eigenvalue weighted by atomic mass is 10.2. The molecule has 0 fully saturated rings. The Morgan fingerprint density at radius 3 is 2.50 bits per heavy atom. The molecule has 2 amide bonds. The topological polar surface area (TPSA) is 67.2 Å². The quantitative estimate of drug-likeness (QED) is 0.942. The monoisotopic (exact) mass is 320 g/mol. The first-order valence-corrected chi connectivity index (χ1v) is 7.18. The van der Waals surface area contributed by atoms with Crippen LogP contribution in [0.5, 0.6) is 0 Å². The van der Waals surface area contributed by atoms with Crippen LogP contribution in [-0.4, -0.2) is 28.6 Å². The molecule has 1 N–H and O–H groups in total. The molecule has 0 unspecified atom stereocenters. The van der Waals surface area contributed by atoms with Crippen LogP contribution in [0.1, 0.15) is 24.3 Å². The zero-order chi connectivity index (χ0) is 16.3. The van der Waals surface area contributed by atoms with Crippen molar-refractivity contribution in [2.24, 2.45) is 0 Å². The van der Waals surface area contributed by atoms with Crippen molar-refractivity contribution in [3.8, 4) is 0 Å². The maximum absolute atomic E-state index is 12.3. The van der Waals surface area contributed by atoms with Crippen molar-refractivity contribution in [2.45, 2.75) is 20.4 Å². The SMILES string of the molecule is CCn1ncc(Cl)c1C(=O)Nc1ccc(N(C)C(C)=O)cc1. The Balaban J connectivity index is 2.15. The maximum atomic E-state index is 12.3. The molecule has 0 saturated heterocycles. The van der Waals surface area contributed by atoms with Gasteiger partial charge in [-0.2, -0.15) is 5.10 Å². The Labute approximate surface area is 133 Å². The minimum absolute atomic E-state index is 0.0598. The van der Waals surface area contributed by atoms with E-state index >= 15 is 0 Å². The van der Waals surface area contributed by atoms with E-state index in [0.717, 1.165) is 5.69 Å². The third-order valence-corrected chi connectivity index (χ3v) is 3.57. The molecule has 6 nitrogen and oxygen atoms in total. The van der Waals surface area contributed by atoms with E-state index in [9.17, 15) is 9.59 Å². The highest BCUT2D eigenvalue weighted by atomic mass is 35.5. The van der Waals surface area contributed by atoms with Gasteiger partial charge in [0.1, 0.15) is 5.69 Å². The molecule has 0 aliphatic carbocycles. The van der Waals surface area contributed by atoms with Crippen LogP contribution in [-0.2, 0) is 11.3 Å². The Bertz CT molecular complexity index is 694. The van der Waals surface area contributed by atoms with Gasteiger partial charge in [0.2, 0.25) is 5.91 Å². The van der Waals surface area contributed by atoms with Crippen LogP contribution in [0.3, 0.4) is 0 Å². The second-order valence-corrected chi connectivity index (χ2v) is 5.14. The molecule has 0 bridgehead atoms. The number of hydrogen-bond acceptors (Lipinski definition) is 3. The van der Waals surface area contributed by atoms with Gasteiger partial charge >= 0.3 is 0 Å². The highest BCUT2D eigenvalue weighted by Crippen LogP contribution is 2.20. The largest absolute Gasteiger partial charge is 0.321 e. The normalized spacial score (nSPS) is 10.4. The number of aryl methyl sites for hydroxylation is 1. The molecule has 22 heavy (non-hydrogen) atoms. The van der Waals surface area contributed by atoms with Crippen LogP contribution in [0.4, 0.5) is 11.4 Å². The predicted octanol–water partition coefficient (Wildman–Crippen LogP) is 2.79. The number of hydrogen-bond donors (Lipinski definition) is 1. The molecule has 0 spiro atoms. The maximum Gasteiger partial charge on any atom is 0.275 e. The van der Waals surface area contributed by atoms with Gasteiger partial charge in [-0.15, -0.1) is 0 Å². The first-order chi connectivity index (χ1) is 10.4. The van der Waals surface area contributed by atoms with Crippen LogP contribution < -0.4 is 10.2 Å². The summed E-state index contributed by atoms with van der Waals surface area (Å²) in [5, 5.41) is 7.11. The second-order valence-electron chi connectivity index (χ2n) is 4.74. The van der Waals surface area contributed by atoms with Crippen LogP contribution in [0.15, 0.2) is 30.5 Å². The first-order valence-electron chi connectivity index (χ1n) is 6.81. The fourth-order valence-corrected chi connectivity index (χ4v) is 2.20. The van der Waals surface area contributed by atoms with Crippen LogP contribution in [0.2, 0.25) is 5.02 Å². The van der Waals surface area contributed by atoms with Crippen LogP contribution in [0.25, 0.3) is 0 Å². The summed E-state index contributed by atoms with van der Waals surface area (Å²) in [7, 11) is 1.69. The lowest BCUT2D eigenvalue weighted by Crippen LogP contribution is -2.22.